The Balaban J connectivity index is 2.08. The van der Waals surface area contributed by atoms with Gasteiger partial charge in [0.15, 0.2) is 0 Å². The van der Waals surface area contributed by atoms with E-state index in [0.717, 1.165) is 12.1 Å². The number of amides is 2. The number of benzene rings is 1. The first-order chi connectivity index (χ1) is 10.0. The van der Waals surface area contributed by atoms with Crippen molar-refractivity contribution < 1.29 is 23.1 Å². The van der Waals surface area contributed by atoms with Crippen molar-refractivity contribution in [3.8, 4) is 0 Å². The van der Waals surface area contributed by atoms with Gasteiger partial charge in [0.25, 0.3) is 5.91 Å². The van der Waals surface area contributed by atoms with Crippen molar-refractivity contribution in [3.05, 3.63) is 35.4 Å². The SMILES string of the molecule is COC(=O)N1CCCN(C(=O)c2ccc(F)cc2F)CC1. The number of methoxy groups -OCH3 is 1. The van der Waals surface area contributed by atoms with Gasteiger partial charge in [0, 0.05) is 32.2 Å². The van der Waals surface area contributed by atoms with E-state index in [1.807, 2.05) is 0 Å². The van der Waals surface area contributed by atoms with Crippen LogP contribution >= 0.6 is 0 Å². The number of halogens is 2. The van der Waals surface area contributed by atoms with Gasteiger partial charge in [-0.1, -0.05) is 0 Å². The highest BCUT2D eigenvalue weighted by atomic mass is 19.1. The summed E-state index contributed by atoms with van der Waals surface area (Å²) in [5, 5.41) is 0. The van der Waals surface area contributed by atoms with Crippen molar-refractivity contribution in [2.24, 2.45) is 0 Å². The van der Waals surface area contributed by atoms with Crippen LogP contribution in [0.25, 0.3) is 0 Å². The lowest BCUT2D eigenvalue weighted by molar-refractivity contribution is 0.0752. The molecule has 1 heterocycles. The molecule has 0 aromatic heterocycles. The van der Waals surface area contributed by atoms with Crippen molar-refractivity contribution in [1.29, 1.82) is 0 Å². The molecule has 1 aliphatic heterocycles. The monoisotopic (exact) mass is 298 g/mol. The predicted octanol–water partition coefficient (Wildman–Crippen LogP) is 1.88. The molecular weight excluding hydrogens is 282 g/mol. The molecule has 0 atom stereocenters. The summed E-state index contributed by atoms with van der Waals surface area (Å²) in [5.74, 6) is -2.11. The summed E-state index contributed by atoms with van der Waals surface area (Å²) in [5.41, 5.74) is -0.164. The molecular formula is C14H16F2N2O3. The summed E-state index contributed by atoms with van der Waals surface area (Å²) in [6.07, 6.45) is 0.126. The van der Waals surface area contributed by atoms with Gasteiger partial charge in [0.05, 0.1) is 12.7 Å². The van der Waals surface area contributed by atoms with Gasteiger partial charge in [0.1, 0.15) is 11.6 Å². The molecule has 1 aliphatic rings. The molecule has 0 spiro atoms. The number of hydrogen-bond donors (Lipinski definition) is 0. The average molecular weight is 298 g/mol. The van der Waals surface area contributed by atoms with Crippen LogP contribution < -0.4 is 0 Å². The van der Waals surface area contributed by atoms with Gasteiger partial charge < -0.3 is 14.5 Å². The highest BCUT2D eigenvalue weighted by Crippen LogP contribution is 2.14. The molecule has 7 heteroatoms. The highest BCUT2D eigenvalue weighted by molar-refractivity contribution is 5.94. The maximum absolute atomic E-state index is 13.6. The van der Waals surface area contributed by atoms with Crippen molar-refractivity contribution in [3.63, 3.8) is 0 Å². The Morgan fingerprint density at radius 2 is 1.76 bits per heavy atom. The second kappa shape index (κ2) is 6.51. The third kappa shape index (κ3) is 3.48. The molecule has 114 valence electrons. The molecule has 0 unspecified atom stereocenters. The number of carbonyl (C=O) groups is 2. The predicted molar refractivity (Wildman–Crippen MR) is 70.9 cm³/mol. The fraction of sp³-hybridized carbons (Fsp3) is 0.429. The molecule has 5 nitrogen and oxygen atoms in total. The zero-order chi connectivity index (χ0) is 15.4. The first-order valence-electron chi connectivity index (χ1n) is 6.60. The minimum atomic E-state index is -0.880. The van der Waals surface area contributed by atoms with Gasteiger partial charge in [0.2, 0.25) is 0 Å². The van der Waals surface area contributed by atoms with Crippen LogP contribution in [0.4, 0.5) is 13.6 Å². The van der Waals surface area contributed by atoms with E-state index in [0.29, 0.717) is 32.1 Å². The molecule has 0 N–H and O–H groups in total. The fourth-order valence-electron chi connectivity index (χ4n) is 2.27. The zero-order valence-electron chi connectivity index (χ0n) is 11.6. The maximum Gasteiger partial charge on any atom is 0.409 e. The molecule has 0 radical (unpaired) electrons. The van der Waals surface area contributed by atoms with Crippen molar-refractivity contribution in [2.75, 3.05) is 33.3 Å². The van der Waals surface area contributed by atoms with E-state index in [9.17, 15) is 18.4 Å². The van der Waals surface area contributed by atoms with E-state index in [1.54, 1.807) is 0 Å². The van der Waals surface area contributed by atoms with Gasteiger partial charge in [-0.25, -0.2) is 13.6 Å². The smallest absolute Gasteiger partial charge is 0.409 e. The molecule has 1 fully saturated rings. The molecule has 2 amide bonds. The van der Waals surface area contributed by atoms with Crippen LogP contribution in [0.3, 0.4) is 0 Å². The largest absolute Gasteiger partial charge is 0.453 e. The Morgan fingerprint density at radius 1 is 1.10 bits per heavy atom. The molecule has 21 heavy (non-hydrogen) atoms. The standard InChI is InChI=1S/C14H16F2N2O3/c1-21-14(20)18-6-2-5-17(7-8-18)13(19)11-4-3-10(15)9-12(11)16/h3-4,9H,2,5-8H2,1H3. The third-order valence-electron chi connectivity index (χ3n) is 3.38. The summed E-state index contributed by atoms with van der Waals surface area (Å²) in [6.45, 7) is 1.48. The van der Waals surface area contributed by atoms with E-state index in [1.165, 1.54) is 16.9 Å². The first-order valence-corrected chi connectivity index (χ1v) is 6.60. The van der Waals surface area contributed by atoms with Crippen molar-refractivity contribution in [2.45, 2.75) is 6.42 Å². The Hall–Kier alpha value is -2.18. The maximum atomic E-state index is 13.6. The summed E-state index contributed by atoms with van der Waals surface area (Å²) in [6, 6.07) is 2.87. The first kappa shape index (κ1) is 15.2. The van der Waals surface area contributed by atoms with Crippen LogP contribution in [0, 0.1) is 11.6 Å². The quantitative estimate of drug-likeness (QED) is 0.795. The summed E-state index contributed by atoms with van der Waals surface area (Å²) >= 11 is 0. The van der Waals surface area contributed by atoms with E-state index in [4.69, 9.17) is 0 Å². The van der Waals surface area contributed by atoms with Crippen LogP contribution in [0.2, 0.25) is 0 Å². The van der Waals surface area contributed by atoms with Crippen molar-refractivity contribution in [1.82, 2.24) is 9.80 Å². The molecule has 0 saturated carbocycles. The molecule has 2 rings (SSSR count). The number of rotatable bonds is 1. The molecule has 0 aliphatic carbocycles. The molecule has 1 aromatic rings. The van der Waals surface area contributed by atoms with Crippen LogP contribution in [0.5, 0.6) is 0 Å². The van der Waals surface area contributed by atoms with E-state index >= 15 is 0 Å². The Bertz CT molecular complexity index is 551. The summed E-state index contributed by atoms with van der Waals surface area (Å²) < 4.78 is 31.2. The van der Waals surface area contributed by atoms with E-state index in [-0.39, 0.29) is 12.1 Å². The second-order valence-corrected chi connectivity index (χ2v) is 4.73. The number of ether oxygens (including phenoxy) is 1. The minimum absolute atomic E-state index is 0.164. The van der Waals surface area contributed by atoms with E-state index in [2.05, 4.69) is 4.74 Å². The number of hydrogen-bond acceptors (Lipinski definition) is 3. The van der Waals surface area contributed by atoms with Crippen LogP contribution in [0.15, 0.2) is 18.2 Å². The zero-order valence-corrected chi connectivity index (χ0v) is 11.6. The van der Waals surface area contributed by atoms with Gasteiger partial charge >= 0.3 is 6.09 Å². The van der Waals surface area contributed by atoms with Gasteiger partial charge in [-0.05, 0) is 18.6 Å². The normalized spacial score (nSPS) is 15.6. The topological polar surface area (TPSA) is 49.9 Å². The van der Waals surface area contributed by atoms with Gasteiger partial charge in [-0.2, -0.15) is 0 Å². The fourth-order valence-corrected chi connectivity index (χ4v) is 2.27. The number of nitrogens with zero attached hydrogens (tertiary/aromatic N) is 2. The molecule has 1 aromatic carbocycles. The van der Waals surface area contributed by atoms with Crippen LogP contribution in [-0.2, 0) is 4.74 Å². The highest BCUT2D eigenvalue weighted by Gasteiger charge is 2.24. The lowest BCUT2D eigenvalue weighted by Gasteiger charge is -2.21. The van der Waals surface area contributed by atoms with Gasteiger partial charge in [-0.15, -0.1) is 0 Å². The Kier molecular flexibility index (Phi) is 4.72. The van der Waals surface area contributed by atoms with E-state index < -0.39 is 23.6 Å². The third-order valence-corrected chi connectivity index (χ3v) is 3.38. The average Bonchev–Trinajstić information content (AvgIpc) is 2.71. The van der Waals surface area contributed by atoms with Crippen LogP contribution in [0.1, 0.15) is 16.8 Å². The molecule has 0 bridgehead atoms. The van der Waals surface area contributed by atoms with Crippen molar-refractivity contribution >= 4 is 12.0 Å². The lowest BCUT2D eigenvalue weighted by Crippen LogP contribution is -2.37. The Morgan fingerprint density at radius 3 is 2.43 bits per heavy atom. The van der Waals surface area contributed by atoms with Gasteiger partial charge in [-0.3, -0.25) is 4.79 Å². The lowest BCUT2D eigenvalue weighted by atomic mass is 10.1. The van der Waals surface area contributed by atoms with Crippen LogP contribution in [-0.4, -0.2) is 55.1 Å². The molecule has 1 saturated heterocycles. The second-order valence-electron chi connectivity index (χ2n) is 4.73. The number of carbonyl (C=O) groups excluding carboxylic acids is 2. The Labute approximate surface area is 121 Å². The summed E-state index contributed by atoms with van der Waals surface area (Å²) in [4.78, 5) is 26.7. The minimum Gasteiger partial charge on any atom is -0.453 e. The summed E-state index contributed by atoms with van der Waals surface area (Å²) in [7, 11) is 1.30.